The van der Waals surface area contributed by atoms with Gasteiger partial charge in [-0.25, -0.2) is 0 Å². The summed E-state index contributed by atoms with van der Waals surface area (Å²) in [7, 11) is -18.0. The first-order chi connectivity index (χ1) is 9.93. The topological polar surface area (TPSA) is 17.1 Å². The molecule has 1 aromatic carbocycles. The standard InChI is InChI=1S/C7H6O.3BF4/c8-6-7-4-2-1-3-5-7;3*2-1(3,4)5/h1-6H;;;/q;3*-1. The zero-order valence-corrected chi connectivity index (χ0v) is 10.6. The average molecular weight is 367 g/mol. The summed E-state index contributed by atoms with van der Waals surface area (Å²) in [4.78, 5) is 10.0. The smallest absolute Gasteiger partial charge is 0.418 e. The Morgan fingerprint density at radius 2 is 0.783 bits per heavy atom. The number of hydrogen-bond acceptors (Lipinski definition) is 1. The van der Waals surface area contributed by atoms with Crippen molar-refractivity contribution in [2.75, 3.05) is 0 Å². The lowest BCUT2D eigenvalue weighted by atomic mass is 10.2. The van der Waals surface area contributed by atoms with Crippen LogP contribution in [0.1, 0.15) is 10.4 Å². The molecule has 23 heavy (non-hydrogen) atoms. The van der Waals surface area contributed by atoms with Gasteiger partial charge in [-0.05, 0) is 0 Å². The van der Waals surface area contributed by atoms with Crippen LogP contribution in [0.25, 0.3) is 0 Å². The molecule has 1 rings (SSSR count). The highest BCUT2D eigenvalue weighted by Crippen LogP contribution is 2.07. The molecule has 0 spiro atoms. The van der Waals surface area contributed by atoms with Gasteiger partial charge < -0.3 is 51.8 Å². The normalized spacial score (nSPS) is 10.8. The number of halogens is 12. The lowest BCUT2D eigenvalue weighted by Gasteiger charge is -1.94. The Morgan fingerprint density at radius 1 is 0.565 bits per heavy atom. The maximum atomic E-state index is 10.0. The minimum atomic E-state index is -6.00. The summed E-state index contributed by atoms with van der Waals surface area (Å²) in [6.45, 7) is 0. The van der Waals surface area contributed by atoms with Gasteiger partial charge in [0.25, 0.3) is 0 Å². The molecule has 0 radical (unpaired) electrons. The van der Waals surface area contributed by atoms with E-state index < -0.39 is 21.8 Å². The van der Waals surface area contributed by atoms with Gasteiger partial charge in [0, 0.05) is 5.56 Å². The Labute approximate surface area is 122 Å². The Balaban J connectivity index is -0.000000240. The van der Waals surface area contributed by atoms with Crippen LogP contribution in [0.2, 0.25) is 0 Å². The van der Waals surface area contributed by atoms with Crippen LogP contribution in [0.4, 0.5) is 51.8 Å². The van der Waals surface area contributed by atoms with Crippen LogP contribution in [0, 0.1) is 0 Å². The molecule has 0 bridgehead atoms. The number of benzene rings is 1. The van der Waals surface area contributed by atoms with Crippen molar-refractivity contribution >= 4 is 28.0 Å². The quantitative estimate of drug-likeness (QED) is 0.369. The van der Waals surface area contributed by atoms with E-state index in [2.05, 4.69) is 0 Å². The molecule has 1 nitrogen and oxygen atoms in total. The fourth-order valence-corrected chi connectivity index (χ4v) is 0.532. The largest absolute Gasteiger partial charge is 0.673 e. The van der Waals surface area contributed by atoms with Crippen LogP contribution >= 0.6 is 0 Å². The fourth-order valence-electron chi connectivity index (χ4n) is 0.532. The molecule has 0 unspecified atom stereocenters. The molecule has 0 saturated heterocycles. The van der Waals surface area contributed by atoms with E-state index in [1.54, 1.807) is 12.1 Å². The van der Waals surface area contributed by atoms with E-state index in [0.717, 1.165) is 11.8 Å². The van der Waals surface area contributed by atoms with Crippen molar-refractivity contribution in [2.24, 2.45) is 0 Å². The van der Waals surface area contributed by atoms with Gasteiger partial charge in [0.05, 0.1) is 0 Å². The van der Waals surface area contributed by atoms with Crippen LogP contribution in [0.5, 0.6) is 0 Å². The second-order valence-electron chi connectivity index (χ2n) is 3.01. The van der Waals surface area contributed by atoms with Gasteiger partial charge in [-0.3, -0.25) is 4.79 Å². The molecule has 0 aliphatic rings. The van der Waals surface area contributed by atoms with E-state index in [9.17, 15) is 56.6 Å². The Kier molecular flexibility index (Phi) is 13.4. The third kappa shape index (κ3) is 99.1. The summed E-state index contributed by atoms with van der Waals surface area (Å²) in [5.74, 6) is 0. The Hall–Kier alpha value is -1.76. The minimum absolute atomic E-state index is 0.729. The molecule has 0 N–H and O–H groups in total. The van der Waals surface area contributed by atoms with E-state index in [4.69, 9.17) is 0 Å². The first kappa shape index (κ1) is 26.2. The molecule has 0 aromatic heterocycles. The van der Waals surface area contributed by atoms with Gasteiger partial charge in [-0.1, -0.05) is 30.3 Å². The number of carbonyl (C=O) groups excluding carboxylic acids is 1. The van der Waals surface area contributed by atoms with Crippen molar-refractivity contribution in [1.82, 2.24) is 0 Å². The molecule has 0 saturated carbocycles. The first-order valence-electron chi connectivity index (χ1n) is 5.05. The molecular formula is C7H6B3F12O-3. The van der Waals surface area contributed by atoms with E-state index in [1.165, 1.54) is 0 Å². The molecule has 0 aliphatic heterocycles. The third-order valence-electron chi connectivity index (χ3n) is 0.936. The third-order valence-corrected chi connectivity index (χ3v) is 0.936. The molecular weight excluding hydrogens is 360 g/mol. The number of carbonyl (C=O) groups is 1. The second kappa shape index (κ2) is 11.8. The highest BCUT2D eigenvalue weighted by molar-refractivity contribution is 6.50. The van der Waals surface area contributed by atoms with Crippen LogP contribution < -0.4 is 0 Å². The molecule has 1 aromatic rings. The van der Waals surface area contributed by atoms with Crippen molar-refractivity contribution < 1.29 is 56.6 Å². The van der Waals surface area contributed by atoms with Gasteiger partial charge >= 0.3 is 21.8 Å². The second-order valence-corrected chi connectivity index (χ2v) is 3.01. The van der Waals surface area contributed by atoms with Gasteiger partial charge in [0.15, 0.2) is 0 Å². The molecule has 16 heteroatoms. The van der Waals surface area contributed by atoms with E-state index >= 15 is 0 Å². The molecule has 0 fully saturated rings. The SMILES string of the molecule is F[B-](F)(F)F.F[B-](F)(F)F.F[B-](F)(F)F.O=Cc1ccccc1. The van der Waals surface area contributed by atoms with Crippen molar-refractivity contribution in [3.05, 3.63) is 35.9 Å². The molecule has 0 amide bonds. The van der Waals surface area contributed by atoms with Crippen LogP contribution in [-0.2, 0) is 0 Å². The first-order valence-corrected chi connectivity index (χ1v) is 5.05. The average Bonchev–Trinajstić information content (AvgIpc) is 2.23. The predicted octanol–water partition coefficient (Wildman–Crippen LogP) is 5.40. The maximum Gasteiger partial charge on any atom is 0.673 e. The highest BCUT2D eigenvalue weighted by atomic mass is 19.5. The van der Waals surface area contributed by atoms with E-state index in [0.29, 0.717) is 0 Å². The van der Waals surface area contributed by atoms with Gasteiger partial charge in [-0.15, -0.1) is 0 Å². The molecule has 0 aliphatic carbocycles. The van der Waals surface area contributed by atoms with Crippen LogP contribution in [0.3, 0.4) is 0 Å². The van der Waals surface area contributed by atoms with Crippen molar-refractivity contribution in [2.45, 2.75) is 0 Å². The molecule has 0 heterocycles. The number of aldehydes is 1. The summed E-state index contributed by atoms with van der Waals surface area (Å²) < 4.78 is 117. The molecule has 136 valence electrons. The predicted molar refractivity (Wildman–Crippen MR) is 62.4 cm³/mol. The van der Waals surface area contributed by atoms with E-state index in [-0.39, 0.29) is 0 Å². The van der Waals surface area contributed by atoms with Crippen molar-refractivity contribution in [3.8, 4) is 0 Å². The molecule has 0 atom stereocenters. The van der Waals surface area contributed by atoms with Crippen molar-refractivity contribution in [3.63, 3.8) is 0 Å². The van der Waals surface area contributed by atoms with Crippen LogP contribution in [0.15, 0.2) is 30.3 Å². The van der Waals surface area contributed by atoms with E-state index in [1.807, 2.05) is 18.2 Å². The summed E-state index contributed by atoms with van der Waals surface area (Å²) in [5, 5.41) is 0. The fraction of sp³-hybridized carbons (Fsp3) is 0. The number of hydrogen-bond donors (Lipinski definition) is 0. The van der Waals surface area contributed by atoms with Crippen LogP contribution in [-0.4, -0.2) is 28.0 Å². The lowest BCUT2D eigenvalue weighted by Crippen LogP contribution is -2.02. The summed E-state index contributed by atoms with van der Waals surface area (Å²) in [5.41, 5.74) is 0.729. The van der Waals surface area contributed by atoms with Crippen molar-refractivity contribution in [1.29, 1.82) is 0 Å². The maximum absolute atomic E-state index is 10.0. The summed E-state index contributed by atoms with van der Waals surface area (Å²) >= 11 is 0. The summed E-state index contributed by atoms with van der Waals surface area (Å²) in [6.07, 6.45) is 0.833. The van der Waals surface area contributed by atoms with Gasteiger partial charge in [0.1, 0.15) is 6.29 Å². The number of rotatable bonds is 1. The Bertz CT molecular complexity index is 353. The Morgan fingerprint density at radius 3 is 0.913 bits per heavy atom. The zero-order chi connectivity index (χ0) is 19.3. The van der Waals surface area contributed by atoms with Gasteiger partial charge in [-0.2, -0.15) is 0 Å². The zero-order valence-electron chi connectivity index (χ0n) is 10.6. The van der Waals surface area contributed by atoms with Gasteiger partial charge in [0.2, 0.25) is 0 Å². The summed E-state index contributed by atoms with van der Waals surface area (Å²) in [6, 6.07) is 9.10. The monoisotopic (exact) mass is 367 g/mol. The highest BCUT2D eigenvalue weighted by Gasteiger charge is 2.21. The lowest BCUT2D eigenvalue weighted by molar-refractivity contribution is 0.112. The minimum Gasteiger partial charge on any atom is -0.418 e.